The fraction of sp³-hybridized carbons (Fsp3) is 0.500. The molecule has 0 aliphatic carbocycles. The maximum atomic E-state index is 12.4. The molecule has 1 saturated heterocycles. The van der Waals surface area contributed by atoms with Gasteiger partial charge in [-0.05, 0) is 32.0 Å². The highest BCUT2D eigenvalue weighted by Gasteiger charge is 2.26. The van der Waals surface area contributed by atoms with Gasteiger partial charge in [0.25, 0.3) is 5.91 Å². The van der Waals surface area contributed by atoms with Gasteiger partial charge < -0.3 is 9.64 Å². The average Bonchev–Trinajstić information content (AvgIpc) is 2.36. The molecule has 2 atom stereocenters. The Morgan fingerprint density at radius 1 is 1.25 bits per heavy atom. The van der Waals surface area contributed by atoms with Crippen molar-refractivity contribution in [2.45, 2.75) is 31.0 Å². The van der Waals surface area contributed by atoms with E-state index < -0.39 is 9.84 Å². The van der Waals surface area contributed by atoms with Gasteiger partial charge in [-0.1, -0.05) is 6.07 Å². The summed E-state index contributed by atoms with van der Waals surface area (Å²) in [5.74, 6) is -0.155. The van der Waals surface area contributed by atoms with Crippen LogP contribution >= 0.6 is 0 Å². The highest BCUT2D eigenvalue weighted by atomic mass is 32.2. The van der Waals surface area contributed by atoms with Gasteiger partial charge in [0, 0.05) is 24.9 Å². The molecule has 0 aromatic heterocycles. The monoisotopic (exact) mass is 297 g/mol. The van der Waals surface area contributed by atoms with E-state index in [0.717, 1.165) is 6.26 Å². The molecule has 0 N–H and O–H groups in total. The van der Waals surface area contributed by atoms with Gasteiger partial charge in [-0.25, -0.2) is 8.42 Å². The zero-order valence-electron chi connectivity index (χ0n) is 11.9. The van der Waals surface area contributed by atoms with E-state index in [2.05, 4.69) is 0 Å². The Labute approximate surface area is 119 Å². The summed E-state index contributed by atoms with van der Waals surface area (Å²) in [6.45, 7) is 4.88. The minimum atomic E-state index is -3.31. The Balaban J connectivity index is 2.25. The summed E-state index contributed by atoms with van der Waals surface area (Å²) in [4.78, 5) is 14.3. The minimum Gasteiger partial charge on any atom is -0.372 e. The molecule has 0 saturated carbocycles. The number of sulfone groups is 1. The van der Waals surface area contributed by atoms with Crippen molar-refractivity contribution in [3.63, 3.8) is 0 Å². The molecule has 0 bridgehead atoms. The number of benzene rings is 1. The molecule has 5 nitrogen and oxygen atoms in total. The van der Waals surface area contributed by atoms with Crippen LogP contribution in [0.25, 0.3) is 0 Å². The number of carbonyl (C=O) groups is 1. The van der Waals surface area contributed by atoms with Gasteiger partial charge >= 0.3 is 0 Å². The van der Waals surface area contributed by atoms with Gasteiger partial charge in [0.05, 0.1) is 17.1 Å². The first kappa shape index (κ1) is 15.0. The lowest BCUT2D eigenvalue weighted by Crippen LogP contribution is -2.48. The van der Waals surface area contributed by atoms with Crippen LogP contribution in [0.15, 0.2) is 29.2 Å². The third-order valence-corrected chi connectivity index (χ3v) is 4.33. The minimum absolute atomic E-state index is 0.0132. The summed E-state index contributed by atoms with van der Waals surface area (Å²) >= 11 is 0. The number of rotatable bonds is 2. The smallest absolute Gasteiger partial charge is 0.254 e. The van der Waals surface area contributed by atoms with E-state index in [1.54, 1.807) is 17.0 Å². The molecule has 2 rings (SSSR count). The first-order chi connectivity index (χ1) is 9.27. The van der Waals surface area contributed by atoms with Gasteiger partial charge in [0.1, 0.15) is 0 Å². The average molecular weight is 297 g/mol. The summed E-state index contributed by atoms with van der Waals surface area (Å²) in [7, 11) is -3.31. The molecular formula is C14H19NO4S. The quantitative estimate of drug-likeness (QED) is 0.826. The molecule has 1 aliphatic rings. The highest BCUT2D eigenvalue weighted by molar-refractivity contribution is 7.90. The maximum absolute atomic E-state index is 12.4. The summed E-state index contributed by atoms with van der Waals surface area (Å²) in [6.07, 6.45) is 1.11. The van der Waals surface area contributed by atoms with Gasteiger partial charge in [-0.3, -0.25) is 4.79 Å². The second-order valence-corrected chi connectivity index (χ2v) is 7.28. The summed E-state index contributed by atoms with van der Waals surface area (Å²) in [5.41, 5.74) is 0.397. The van der Waals surface area contributed by atoms with E-state index in [-0.39, 0.29) is 23.0 Å². The molecule has 20 heavy (non-hydrogen) atoms. The van der Waals surface area contributed by atoms with Gasteiger partial charge in [-0.15, -0.1) is 0 Å². The van der Waals surface area contributed by atoms with Crippen molar-refractivity contribution in [2.24, 2.45) is 0 Å². The van der Waals surface area contributed by atoms with Crippen LogP contribution in [0.1, 0.15) is 24.2 Å². The molecule has 1 aromatic rings. The van der Waals surface area contributed by atoms with Gasteiger partial charge in [0.2, 0.25) is 0 Å². The predicted molar refractivity (Wildman–Crippen MR) is 75.5 cm³/mol. The second-order valence-electron chi connectivity index (χ2n) is 5.27. The highest BCUT2D eigenvalue weighted by Crippen LogP contribution is 2.17. The van der Waals surface area contributed by atoms with E-state index in [4.69, 9.17) is 4.74 Å². The van der Waals surface area contributed by atoms with Crippen molar-refractivity contribution in [2.75, 3.05) is 19.3 Å². The molecule has 1 heterocycles. The molecule has 0 spiro atoms. The van der Waals surface area contributed by atoms with E-state index in [9.17, 15) is 13.2 Å². The van der Waals surface area contributed by atoms with Crippen LogP contribution in [0.3, 0.4) is 0 Å². The van der Waals surface area contributed by atoms with Crippen LogP contribution in [0.4, 0.5) is 0 Å². The summed E-state index contributed by atoms with van der Waals surface area (Å²) < 4.78 is 28.7. The number of nitrogens with zero attached hydrogens (tertiary/aromatic N) is 1. The second kappa shape index (κ2) is 5.54. The molecule has 1 amide bonds. The molecular weight excluding hydrogens is 278 g/mol. The van der Waals surface area contributed by atoms with Crippen molar-refractivity contribution < 1.29 is 17.9 Å². The van der Waals surface area contributed by atoms with Crippen molar-refractivity contribution in [3.05, 3.63) is 29.8 Å². The van der Waals surface area contributed by atoms with E-state index in [1.807, 2.05) is 13.8 Å². The van der Waals surface area contributed by atoms with Crippen LogP contribution in [0.5, 0.6) is 0 Å². The van der Waals surface area contributed by atoms with E-state index in [1.165, 1.54) is 12.1 Å². The third-order valence-electron chi connectivity index (χ3n) is 3.22. The van der Waals surface area contributed by atoms with Crippen molar-refractivity contribution in [3.8, 4) is 0 Å². The zero-order valence-corrected chi connectivity index (χ0v) is 12.7. The molecule has 0 unspecified atom stereocenters. The SMILES string of the molecule is C[C@@H]1CN(C(=O)c2cccc(S(C)(=O)=O)c2)C[C@@H](C)O1. The fourth-order valence-electron chi connectivity index (χ4n) is 2.39. The first-order valence-electron chi connectivity index (χ1n) is 6.52. The number of ether oxygens (including phenoxy) is 1. The van der Waals surface area contributed by atoms with Crippen molar-refractivity contribution in [1.82, 2.24) is 4.90 Å². The summed E-state index contributed by atoms with van der Waals surface area (Å²) in [5, 5.41) is 0. The number of morpholine rings is 1. The molecule has 1 fully saturated rings. The Morgan fingerprint density at radius 2 is 1.85 bits per heavy atom. The van der Waals surface area contributed by atoms with E-state index >= 15 is 0 Å². The Hall–Kier alpha value is -1.40. The van der Waals surface area contributed by atoms with Gasteiger partial charge in [0.15, 0.2) is 9.84 Å². The number of carbonyl (C=O) groups excluding carboxylic acids is 1. The lowest BCUT2D eigenvalue weighted by molar-refractivity contribution is -0.0586. The van der Waals surface area contributed by atoms with Crippen LogP contribution < -0.4 is 0 Å². The van der Waals surface area contributed by atoms with Crippen LogP contribution in [0.2, 0.25) is 0 Å². The molecule has 1 aromatic carbocycles. The predicted octanol–water partition coefficient (Wildman–Crippen LogP) is 1.34. The molecule has 0 radical (unpaired) electrons. The standard InChI is InChI=1S/C14H19NO4S/c1-10-8-15(9-11(2)19-10)14(16)12-5-4-6-13(7-12)20(3,17)18/h4-7,10-11H,8-9H2,1-3H3/t10-,11-/m1/s1. The van der Waals surface area contributed by atoms with Crippen LogP contribution in [-0.4, -0.2) is 50.8 Å². The zero-order chi connectivity index (χ0) is 14.9. The topological polar surface area (TPSA) is 63.7 Å². The fourth-order valence-corrected chi connectivity index (χ4v) is 3.05. The Morgan fingerprint density at radius 3 is 2.40 bits per heavy atom. The largest absolute Gasteiger partial charge is 0.372 e. The summed E-state index contributed by atoms with van der Waals surface area (Å²) in [6, 6.07) is 6.16. The number of hydrogen-bond donors (Lipinski definition) is 0. The lowest BCUT2D eigenvalue weighted by Gasteiger charge is -2.35. The first-order valence-corrected chi connectivity index (χ1v) is 8.41. The molecule has 6 heteroatoms. The van der Waals surface area contributed by atoms with Crippen LogP contribution in [-0.2, 0) is 14.6 Å². The van der Waals surface area contributed by atoms with Crippen molar-refractivity contribution in [1.29, 1.82) is 0 Å². The van der Waals surface area contributed by atoms with Crippen molar-refractivity contribution >= 4 is 15.7 Å². The Kier molecular flexibility index (Phi) is 4.15. The molecule has 110 valence electrons. The van der Waals surface area contributed by atoms with Gasteiger partial charge in [-0.2, -0.15) is 0 Å². The lowest BCUT2D eigenvalue weighted by atomic mass is 10.1. The third kappa shape index (κ3) is 3.37. The van der Waals surface area contributed by atoms with Crippen LogP contribution in [0, 0.1) is 0 Å². The number of amides is 1. The normalized spacial score (nSPS) is 23.6. The number of hydrogen-bond acceptors (Lipinski definition) is 4. The maximum Gasteiger partial charge on any atom is 0.254 e. The Bertz CT molecular complexity index is 601. The van der Waals surface area contributed by atoms with E-state index in [0.29, 0.717) is 18.7 Å². The molecule has 1 aliphatic heterocycles.